The molecule has 84 valence electrons. The number of hydrogen-bond donors (Lipinski definition) is 0. The van der Waals surface area contributed by atoms with E-state index in [1.165, 1.54) is 18.7 Å². The normalized spacial score (nSPS) is 16.8. The van der Waals surface area contributed by atoms with Crippen LogP contribution in [0.4, 0.5) is 4.39 Å². The number of pyridine rings is 1. The molecule has 1 aliphatic carbocycles. The van der Waals surface area contributed by atoms with Crippen LogP contribution < -0.4 is 4.74 Å². The lowest BCUT2D eigenvalue weighted by Gasteiger charge is -2.22. The maximum atomic E-state index is 13.2. The number of nitriles is 1. The summed E-state index contributed by atoms with van der Waals surface area (Å²) in [6, 6.07) is 2.92. The third-order valence-corrected chi connectivity index (χ3v) is 2.78. The van der Waals surface area contributed by atoms with Crippen molar-refractivity contribution in [2.45, 2.75) is 38.2 Å². The quantitative estimate of drug-likeness (QED) is 0.769. The minimum atomic E-state index is -0.615. The van der Waals surface area contributed by atoms with Gasteiger partial charge in [-0.15, -0.1) is 0 Å². The molecule has 16 heavy (non-hydrogen) atoms. The van der Waals surface area contributed by atoms with Crippen LogP contribution in [0.5, 0.6) is 5.75 Å². The Morgan fingerprint density at radius 2 is 2.12 bits per heavy atom. The lowest BCUT2D eigenvalue weighted by molar-refractivity contribution is 0.154. The predicted molar refractivity (Wildman–Crippen MR) is 56.4 cm³/mol. The fourth-order valence-corrected chi connectivity index (χ4v) is 1.94. The average Bonchev–Trinajstić information content (AvgIpc) is 2.31. The summed E-state index contributed by atoms with van der Waals surface area (Å²) in [5.41, 5.74) is -0.184. The number of rotatable bonds is 2. The monoisotopic (exact) mass is 220 g/mol. The van der Waals surface area contributed by atoms with E-state index in [0.29, 0.717) is 5.75 Å². The molecule has 0 saturated heterocycles. The SMILES string of the molecule is N#Cc1ncc(OC2CCCCC2)cc1F. The zero-order chi connectivity index (χ0) is 11.4. The van der Waals surface area contributed by atoms with Crippen molar-refractivity contribution in [2.24, 2.45) is 0 Å². The lowest BCUT2D eigenvalue weighted by atomic mass is 9.98. The van der Waals surface area contributed by atoms with Crippen LogP contribution in [-0.4, -0.2) is 11.1 Å². The molecule has 1 heterocycles. The third-order valence-electron chi connectivity index (χ3n) is 2.78. The highest BCUT2D eigenvalue weighted by Gasteiger charge is 2.15. The van der Waals surface area contributed by atoms with Crippen molar-refractivity contribution in [2.75, 3.05) is 0 Å². The van der Waals surface area contributed by atoms with Crippen molar-refractivity contribution < 1.29 is 9.13 Å². The summed E-state index contributed by atoms with van der Waals surface area (Å²) in [6.07, 6.45) is 7.19. The Bertz CT molecular complexity index is 408. The molecule has 2 rings (SSSR count). The maximum Gasteiger partial charge on any atom is 0.176 e. The molecule has 0 N–H and O–H groups in total. The number of aromatic nitrogens is 1. The van der Waals surface area contributed by atoms with Gasteiger partial charge in [0.25, 0.3) is 0 Å². The minimum Gasteiger partial charge on any atom is -0.489 e. The Kier molecular flexibility index (Phi) is 3.35. The second kappa shape index (κ2) is 4.93. The second-order valence-electron chi connectivity index (χ2n) is 3.99. The molecular formula is C12H13FN2O. The van der Waals surface area contributed by atoms with E-state index in [1.54, 1.807) is 6.07 Å². The number of ether oxygens (including phenoxy) is 1. The smallest absolute Gasteiger partial charge is 0.176 e. The maximum absolute atomic E-state index is 13.2. The molecule has 0 aliphatic heterocycles. The number of nitrogens with zero attached hydrogens (tertiary/aromatic N) is 2. The molecule has 1 aromatic heterocycles. The second-order valence-corrected chi connectivity index (χ2v) is 3.99. The van der Waals surface area contributed by atoms with E-state index in [9.17, 15) is 4.39 Å². The van der Waals surface area contributed by atoms with Gasteiger partial charge in [0.15, 0.2) is 11.5 Å². The molecule has 0 aromatic carbocycles. The Labute approximate surface area is 93.9 Å². The summed E-state index contributed by atoms with van der Waals surface area (Å²) in [4.78, 5) is 3.70. The molecular weight excluding hydrogens is 207 g/mol. The van der Waals surface area contributed by atoms with Crippen molar-refractivity contribution >= 4 is 0 Å². The van der Waals surface area contributed by atoms with Gasteiger partial charge in [0.1, 0.15) is 11.8 Å². The molecule has 1 aliphatic rings. The van der Waals surface area contributed by atoms with Crippen molar-refractivity contribution in [1.82, 2.24) is 4.98 Å². The first kappa shape index (κ1) is 10.9. The number of halogens is 1. The summed E-state index contributed by atoms with van der Waals surface area (Å²) in [5.74, 6) is -0.195. The van der Waals surface area contributed by atoms with E-state index in [0.717, 1.165) is 25.7 Å². The largest absolute Gasteiger partial charge is 0.489 e. The lowest BCUT2D eigenvalue weighted by Crippen LogP contribution is -2.19. The Morgan fingerprint density at radius 3 is 2.75 bits per heavy atom. The first-order chi connectivity index (χ1) is 7.79. The van der Waals surface area contributed by atoms with Gasteiger partial charge in [0.2, 0.25) is 0 Å². The Morgan fingerprint density at radius 1 is 1.38 bits per heavy atom. The first-order valence-corrected chi connectivity index (χ1v) is 5.52. The zero-order valence-electron chi connectivity index (χ0n) is 8.95. The molecule has 3 nitrogen and oxygen atoms in total. The third kappa shape index (κ3) is 2.48. The molecule has 0 spiro atoms. The summed E-state index contributed by atoms with van der Waals surface area (Å²) >= 11 is 0. The van der Waals surface area contributed by atoms with Crippen molar-refractivity contribution in [3.63, 3.8) is 0 Å². The van der Waals surface area contributed by atoms with Crippen LogP contribution in [0, 0.1) is 17.1 Å². The molecule has 1 saturated carbocycles. The van der Waals surface area contributed by atoms with Gasteiger partial charge in [-0.3, -0.25) is 0 Å². The van der Waals surface area contributed by atoms with E-state index in [4.69, 9.17) is 10.00 Å². The van der Waals surface area contributed by atoms with Gasteiger partial charge in [-0.1, -0.05) is 6.42 Å². The Balaban J connectivity index is 2.04. The zero-order valence-corrected chi connectivity index (χ0v) is 8.95. The van der Waals surface area contributed by atoms with Crippen LogP contribution in [0.3, 0.4) is 0 Å². The van der Waals surface area contributed by atoms with E-state index < -0.39 is 5.82 Å². The van der Waals surface area contributed by atoms with Crippen LogP contribution in [0.2, 0.25) is 0 Å². The molecule has 0 amide bonds. The minimum absolute atomic E-state index is 0.169. The highest BCUT2D eigenvalue weighted by molar-refractivity contribution is 5.28. The fourth-order valence-electron chi connectivity index (χ4n) is 1.94. The van der Waals surface area contributed by atoms with Crippen molar-refractivity contribution in [1.29, 1.82) is 5.26 Å². The van der Waals surface area contributed by atoms with Gasteiger partial charge >= 0.3 is 0 Å². The van der Waals surface area contributed by atoms with Gasteiger partial charge in [0.05, 0.1) is 12.3 Å². The molecule has 4 heteroatoms. The molecule has 0 radical (unpaired) electrons. The van der Waals surface area contributed by atoms with Crippen LogP contribution in [-0.2, 0) is 0 Å². The van der Waals surface area contributed by atoms with Gasteiger partial charge in [0, 0.05) is 6.07 Å². The number of hydrogen-bond acceptors (Lipinski definition) is 3. The molecule has 1 fully saturated rings. The molecule has 0 atom stereocenters. The Hall–Kier alpha value is -1.63. The van der Waals surface area contributed by atoms with Crippen LogP contribution in [0.15, 0.2) is 12.3 Å². The van der Waals surface area contributed by atoms with E-state index in [2.05, 4.69) is 4.98 Å². The van der Waals surface area contributed by atoms with Crippen LogP contribution in [0.25, 0.3) is 0 Å². The predicted octanol–water partition coefficient (Wildman–Crippen LogP) is 2.80. The molecule has 0 bridgehead atoms. The van der Waals surface area contributed by atoms with E-state index in [1.807, 2.05) is 0 Å². The van der Waals surface area contributed by atoms with Gasteiger partial charge < -0.3 is 4.74 Å². The molecule has 1 aromatic rings. The van der Waals surface area contributed by atoms with Crippen molar-refractivity contribution in [3.05, 3.63) is 23.8 Å². The van der Waals surface area contributed by atoms with Gasteiger partial charge in [-0.25, -0.2) is 9.37 Å². The first-order valence-electron chi connectivity index (χ1n) is 5.52. The topological polar surface area (TPSA) is 45.9 Å². The molecule has 0 unspecified atom stereocenters. The van der Waals surface area contributed by atoms with E-state index in [-0.39, 0.29) is 11.8 Å². The highest BCUT2D eigenvalue weighted by Crippen LogP contribution is 2.23. The van der Waals surface area contributed by atoms with Crippen molar-refractivity contribution in [3.8, 4) is 11.8 Å². The highest BCUT2D eigenvalue weighted by atomic mass is 19.1. The van der Waals surface area contributed by atoms with E-state index >= 15 is 0 Å². The summed E-state index contributed by atoms with van der Waals surface area (Å²) in [6.45, 7) is 0. The van der Waals surface area contributed by atoms with Gasteiger partial charge in [-0.2, -0.15) is 5.26 Å². The standard InChI is InChI=1S/C12H13FN2O/c13-11-6-10(8-15-12(11)7-14)16-9-4-2-1-3-5-9/h6,8-9H,1-5H2. The van der Waals surface area contributed by atoms with Crippen LogP contribution >= 0.6 is 0 Å². The average molecular weight is 220 g/mol. The van der Waals surface area contributed by atoms with Crippen LogP contribution in [0.1, 0.15) is 37.8 Å². The fraction of sp³-hybridized carbons (Fsp3) is 0.500. The summed E-state index contributed by atoms with van der Waals surface area (Å²) < 4.78 is 18.9. The summed E-state index contributed by atoms with van der Waals surface area (Å²) in [5, 5.41) is 8.54. The summed E-state index contributed by atoms with van der Waals surface area (Å²) in [7, 11) is 0. The van der Waals surface area contributed by atoms with Gasteiger partial charge in [-0.05, 0) is 25.7 Å².